The molecule has 1 rings (SSSR count). The summed E-state index contributed by atoms with van der Waals surface area (Å²) in [6.07, 6.45) is 0.787. The number of carbonyl (C=O) groups excluding carboxylic acids is 2. The minimum atomic E-state index is -0.0985. The zero-order chi connectivity index (χ0) is 13.0. The molecule has 0 N–H and O–H groups in total. The average molecular weight is 306 g/mol. The summed E-state index contributed by atoms with van der Waals surface area (Å²) in [5.41, 5.74) is 0. The number of nitrogens with zero attached hydrogens (tertiary/aromatic N) is 3. The van der Waals surface area contributed by atoms with Crippen molar-refractivity contribution in [3.8, 4) is 0 Å². The van der Waals surface area contributed by atoms with Crippen molar-refractivity contribution in [2.24, 2.45) is 0 Å². The van der Waals surface area contributed by atoms with Crippen LogP contribution in [0.2, 0.25) is 0 Å². The van der Waals surface area contributed by atoms with E-state index in [9.17, 15) is 9.59 Å². The number of alkyl halides is 1. The van der Waals surface area contributed by atoms with Gasteiger partial charge in [0.05, 0.1) is 4.83 Å². The van der Waals surface area contributed by atoms with E-state index in [2.05, 4.69) is 15.9 Å². The van der Waals surface area contributed by atoms with Gasteiger partial charge in [-0.05, 0) is 6.42 Å². The Hall–Kier alpha value is -0.780. The van der Waals surface area contributed by atoms with E-state index in [4.69, 9.17) is 0 Å². The summed E-state index contributed by atoms with van der Waals surface area (Å²) in [7, 11) is 3.48. The average Bonchev–Trinajstić information content (AvgIpc) is 2.36. The van der Waals surface area contributed by atoms with Crippen molar-refractivity contribution in [2.75, 3.05) is 40.3 Å². The van der Waals surface area contributed by atoms with Crippen molar-refractivity contribution in [3.05, 3.63) is 0 Å². The van der Waals surface area contributed by atoms with Crippen LogP contribution < -0.4 is 0 Å². The van der Waals surface area contributed by atoms with Gasteiger partial charge in [-0.2, -0.15) is 0 Å². The molecule has 0 bridgehead atoms. The van der Waals surface area contributed by atoms with Crippen LogP contribution in [0.4, 0.5) is 4.79 Å². The lowest BCUT2D eigenvalue weighted by molar-refractivity contribution is -0.131. The minimum absolute atomic E-state index is 0.0167. The van der Waals surface area contributed by atoms with Crippen LogP contribution in [0.1, 0.15) is 13.3 Å². The highest BCUT2D eigenvalue weighted by molar-refractivity contribution is 9.10. The maximum Gasteiger partial charge on any atom is 0.319 e. The Bertz CT molecular complexity index is 288. The first-order chi connectivity index (χ1) is 7.97. The number of urea groups is 1. The Balaban J connectivity index is 2.46. The highest BCUT2D eigenvalue weighted by Gasteiger charge is 2.27. The van der Waals surface area contributed by atoms with Gasteiger partial charge in [-0.15, -0.1) is 0 Å². The van der Waals surface area contributed by atoms with Crippen molar-refractivity contribution >= 4 is 27.9 Å². The van der Waals surface area contributed by atoms with Gasteiger partial charge in [0.2, 0.25) is 5.91 Å². The predicted molar refractivity (Wildman–Crippen MR) is 70.2 cm³/mol. The molecule has 17 heavy (non-hydrogen) atoms. The number of hydrogen-bond donors (Lipinski definition) is 0. The third-order valence-corrected chi connectivity index (χ3v) is 3.91. The lowest BCUT2D eigenvalue weighted by Gasteiger charge is -2.36. The van der Waals surface area contributed by atoms with Gasteiger partial charge < -0.3 is 14.7 Å². The van der Waals surface area contributed by atoms with Crippen LogP contribution in [0.15, 0.2) is 0 Å². The van der Waals surface area contributed by atoms with Crippen molar-refractivity contribution < 1.29 is 9.59 Å². The van der Waals surface area contributed by atoms with E-state index in [0.29, 0.717) is 26.2 Å². The molecular formula is C11H20BrN3O2. The Morgan fingerprint density at radius 3 is 2.06 bits per heavy atom. The van der Waals surface area contributed by atoms with E-state index in [1.54, 1.807) is 23.9 Å². The van der Waals surface area contributed by atoms with E-state index in [0.717, 1.165) is 6.42 Å². The van der Waals surface area contributed by atoms with Crippen LogP contribution in [0.3, 0.4) is 0 Å². The number of halogens is 1. The zero-order valence-corrected chi connectivity index (χ0v) is 12.2. The molecule has 3 amide bonds. The summed E-state index contributed by atoms with van der Waals surface area (Å²) >= 11 is 3.37. The summed E-state index contributed by atoms with van der Waals surface area (Å²) < 4.78 is 0. The molecule has 0 aromatic rings. The topological polar surface area (TPSA) is 43.9 Å². The molecule has 98 valence electrons. The quantitative estimate of drug-likeness (QED) is 0.714. The predicted octanol–water partition coefficient (Wildman–Crippen LogP) is 0.986. The van der Waals surface area contributed by atoms with Crippen molar-refractivity contribution in [1.82, 2.24) is 14.7 Å². The molecule has 1 fully saturated rings. The first-order valence-corrected chi connectivity index (χ1v) is 6.78. The van der Waals surface area contributed by atoms with E-state index in [-0.39, 0.29) is 16.8 Å². The molecule has 1 saturated heterocycles. The maximum absolute atomic E-state index is 11.9. The molecule has 6 heteroatoms. The first kappa shape index (κ1) is 14.3. The van der Waals surface area contributed by atoms with Gasteiger partial charge in [0.25, 0.3) is 0 Å². The first-order valence-electron chi connectivity index (χ1n) is 5.86. The van der Waals surface area contributed by atoms with E-state index in [1.165, 1.54) is 0 Å². The molecule has 1 unspecified atom stereocenters. The largest absolute Gasteiger partial charge is 0.338 e. The Kier molecular flexibility index (Phi) is 5.24. The number of hydrogen-bond acceptors (Lipinski definition) is 2. The van der Waals surface area contributed by atoms with Gasteiger partial charge in [-0.3, -0.25) is 4.79 Å². The van der Waals surface area contributed by atoms with Crippen LogP contribution in [0.5, 0.6) is 0 Å². The molecule has 5 nitrogen and oxygen atoms in total. The fourth-order valence-corrected chi connectivity index (χ4v) is 2.06. The van der Waals surface area contributed by atoms with Gasteiger partial charge in [0, 0.05) is 40.3 Å². The van der Waals surface area contributed by atoms with E-state index < -0.39 is 0 Å². The zero-order valence-electron chi connectivity index (χ0n) is 10.6. The van der Waals surface area contributed by atoms with Crippen molar-refractivity contribution in [1.29, 1.82) is 0 Å². The summed E-state index contributed by atoms with van der Waals surface area (Å²) in [4.78, 5) is 28.7. The van der Waals surface area contributed by atoms with E-state index in [1.807, 2.05) is 11.8 Å². The second-order valence-electron chi connectivity index (χ2n) is 4.37. The third-order valence-electron chi connectivity index (χ3n) is 2.87. The fraction of sp³-hybridized carbons (Fsp3) is 0.818. The molecule has 1 heterocycles. The van der Waals surface area contributed by atoms with Crippen molar-refractivity contribution in [3.63, 3.8) is 0 Å². The van der Waals surface area contributed by atoms with Crippen LogP contribution >= 0.6 is 15.9 Å². The molecule has 1 atom stereocenters. The highest BCUT2D eigenvalue weighted by Crippen LogP contribution is 2.12. The molecule has 0 spiro atoms. The van der Waals surface area contributed by atoms with Gasteiger partial charge in [-0.25, -0.2) is 4.79 Å². The number of piperazine rings is 1. The molecule has 0 radical (unpaired) electrons. The van der Waals surface area contributed by atoms with Crippen LogP contribution in [0, 0.1) is 0 Å². The molecule has 0 aromatic carbocycles. The van der Waals surface area contributed by atoms with Crippen LogP contribution in [-0.2, 0) is 4.79 Å². The normalized spacial score (nSPS) is 17.9. The Morgan fingerprint density at radius 1 is 1.18 bits per heavy atom. The molecule has 0 saturated carbocycles. The summed E-state index contributed by atoms with van der Waals surface area (Å²) in [6.45, 7) is 4.46. The third kappa shape index (κ3) is 3.59. The molecule has 0 aliphatic carbocycles. The summed E-state index contributed by atoms with van der Waals surface area (Å²) in [5.74, 6) is 0.129. The number of carbonyl (C=O) groups is 2. The van der Waals surface area contributed by atoms with Gasteiger partial charge in [0.15, 0.2) is 0 Å². The summed E-state index contributed by atoms with van der Waals surface area (Å²) in [6, 6.07) is 0.0167. The number of rotatable bonds is 2. The lowest BCUT2D eigenvalue weighted by atomic mass is 10.2. The second kappa shape index (κ2) is 6.23. The molecular weight excluding hydrogens is 286 g/mol. The standard InChI is InChI=1S/C11H20BrN3O2/c1-4-9(12)10(16)14-5-7-15(8-6-14)11(17)13(2)3/h9H,4-8H2,1-3H3. The Morgan fingerprint density at radius 2 is 1.65 bits per heavy atom. The minimum Gasteiger partial charge on any atom is -0.338 e. The lowest BCUT2D eigenvalue weighted by Crippen LogP contribution is -2.54. The highest BCUT2D eigenvalue weighted by atomic mass is 79.9. The van der Waals surface area contributed by atoms with Crippen LogP contribution in [0.25, 0.3) is 0 Å². The van der Waals surface area contributed by atoms with Gasteiger partial charge in [-0.1, -0.05) is 22.9 Å². The van der Waals surface area contributed by atoms with Gasteiger partial charge in [0.1, 0.15) is 0 Å². The number of amides is 3. The Labute approximate surface area is 111 Å². The monoisotopic (exact) mass is 305 g/mol. The maximum atomic E-state index is 11.9. The molecule has 0 aromatic heterocycles. The van der Waals surface area contributed by atoms with Crippen molar-refractivity contribution in [2.45, 2.75) is 18.2 Å². The molecule has 1 aliphatic heterocycles. The summed E-state index contributed by atoms with van der Waals surface area (Å²) in [5, 5.41) is 0. The van der Waals surface area contributed by atoms with E-state index >= 15 is 0 Å². The smallest absolute Gasteiger partial charge is 0.319 e. The second-order valence-corrected chi connectivity index (χ2v) is 5.47. The van der Waals surface area contributed by atoms with Crippen LogP contribution in [-0.4, -0.2) is 71.7 Å². The fourth-order valence-electron chi connectivity index (χ4n) is 1.77. The van der Waals surface area contributed by atoms with Gasteiger partial charge >= 0.3 is 6.03 Å². The SMILES string of the molecule is CCC(Br)C(=O)N1CCN(C(=O)N(C)C)CC1. The molecule has 1 aliphatic rings.